The molecular weight excluding hydrogens is 538 g/mol. The summed E-state index contributed by atoms with van der Waals surface area (Å²) in [6.07, 6.45) is 2.01. The van der Waals surface area contributed by atoms with Crippen LogP contribution in [0.15, 0.2) is 53.2 Å². The highest BCUT2D eigenvalue weighted by Crippen LogP contribution is 2.35. The molecular formula is C28H33N3O6S2. The number of unbranched alkanes of at least 4 members (excludes halogenated alkanes) is 1. The number of hydrogen-bond acceptors (Lipinski definition) is 8. The third-order valence-corrected chi connectivity index (χ3v) is 8.04. The van der Waals surface area contributed by atoms with E-state index >= 15 is 0 Å². The van der Waals surface area contributed by atoms with Crippen LogP contribution in [0.25, 0.3) is 0 Å². The molecule has 1 aliphatic rings. The second-order valence-corrected chi connectivity index (χ2v) is 11.2. The lowest BCUT2D eigenvalue weighted by atomic mass is 10.0. The third-order valence-electron chi connectivity index (χ3n) is 6.32. The second-order valence-electron chi connectivity index (χ2n) is 9.11. The van der Waals surface area contributed by atoms with Crippen LogP contribution in [0.1, 0.15) is 54.0 Å². The van der Waals surface area contributed by atoms with Gasteiger partial charge < -0.3 is 29.7 Å². The first-order valence-corrected chi connectivity index (χ1v) is 14.6. The first kappa shape index (κ1) is 28.4. The van der Waals surface area contributed by atoms with Gasteiger partial charge in [0.25, 0.3) is 0 Å². The Morgan fingerprint density at radius 2 is 1.69 bits per heavy atom. The number of carbonyl (C=O) groups excluding carboxylic acids is 3. The summed E-state index contributed by atoms with van der Waals surface area (Å²) < 4.78 is 15.7. The van der Waals surface area contributed by atoms with E-state index in [2.05, 4.69) is 10.6 Å². The van der Waals surface area contributed by atoms with Crippen molar-refractivity contribution in [2.24, 2.45) is 0 Å². The average molecular weight is 572 g/mol. The molecule has 1 aliphatic heterocycles. The molecule has 0 fully saturated rings. The van der Waals surface area contributed by atoms with Gasteiger partial charge in [-0.1, -0.05) is 38.0 Å². The number of amides is 3. The van der Waals surface area contributed by atoms with Crippen LogP contribution in [0, 0.1) is 0 Å². The first-order valence-electron chi connectivity index (χ1n) is 12.8. The summed E-state index contributed by atoms with van der Waals surface area (Å²) in [6, 6.07) is 11.4. The molecule has 1 aromatic carbocycles. The fourth-order valence-corrected chi connectivity index (χ4v) is 5.64. The van der Waals surface area contributed by atoms with Crippen LogP contribution in [0.3, 0.4) is 0 Å². The Balaban J connectivity index is 1.51. The maximum Gasteiger partial charge on any atom is 0.318 e. The maximum absolute atomic E-state index is 13.6. The minimum atomic E-state index is -0.777. The molecule has 0 unspecified atom stereocenters. The molecule has 0 saturated heterocycles. The van der Waals surface area contributed by atoms with Gasteiger partial charge in [-0.2, -0.15) is 0 Å². The summed E-state index contributed by atoms with van der Waals surface area (Å²) in [4.78, 5) is 43.1. The second kappa shape index (κ2) is 14.0. The van der Waals surface area contributed by atoms with Crippen LogP contribution in [0.5, 0.6) is 11.5 Å². The van der Waals surface area contributed by atoms with Crippen molar-refractivity contribution in [1.29, 1.82) is 0 Å². The Morgan fingerprint density at radius 1 is 1.00 bits per heavy atom. The highest BCUT2D eigenvalue weighted by atomic mass is 32.1. The van der Waals surface area contributed by atoms with Crippen LogP contribution in [0.4, 0.5) is 4.79 Å². The number of hydrogen-bond donors (Lipinski definition) is 2. The van der Waals surface area contributed by atoms with Crippen LogP contribution in [0.2, 0.25) is 0 Å². The number of nitrogens with zero attached hydrogens (tertiary/aromatic N) is 1. The van der Waals surface area contributed by atoms with E-state index in [0.29, 0.717) is 36.6 Å². The summed E-state index contributed by atoms with van der Waals surface area (Å²) in [5, 5.41) is 9.89. The van der Waals surface area contributed by atoms with E-state index in [1.165, 1.54) is 7.11 Å². The molecule has 0 spiro atoms. The van der Waals surface area contributed by atoms with Crippen LogP contribution in [-0.4, -0.2) is 42.8 Å². The number of nitrogens with one attached hydrogen (secondary N) is 2. The monoisotopic (exact) mass is 571 g/mol. The fourth-order valence-electron chi connectivity index (χ4n) is 4.20. The van der Waals surface area contributed by atoms with Crippen LogP contribution < -0.4 is 20.1 Å². The number of benzene rings is 1. The number of fused-ring (bicyclic) bond motifs is 1. The lowest BCUT2D eigenvalue weighted by Crippen LogP contribution is -2.51. The van der Waals surface area contributed by atoms with Gasteiger partial charge in [-0.15, -0.1) is 22.7 Å². The molecule has 208 valence electrons. The Bertz CT molecular complexity index is 1200. The first-order chi connectivity index (χ1) is 19.0. The molecule has 3 aromatic rings. The third kappa shape index (κ3) is 7.96. The van der Waals surface area contributed by atoms with E-state index in [0.717, 1.165) is 22.6 Å². The highest BCUT2D eigenvalue weighted by Gasteiger charge is 2.28. The SMILES string of the molecule is CCCC[C@@H](NC(=O)N(Cc1cccs1)Cc1cccs1)C(=O)N[C@H](CC(=O)OC)c1ccc2c(c1)OCO2. The quantitative estimate of drug-likeness (QED) is 0.272. The molecule has 2 N–H and O–H groups in total. The normalized spacial score (nSPS) is 13.4. The van der Waals surface area contributed by atoms with E-state index in [4.69, 9.17) is 14.2 Å². The lowest BCUT2D eigenvalue weighted by molar-refractivity contribution is -0.141. The summed E-state index contributed by atoms with van der Waals surface area (Å²) >= 11 is 3.16. The predicted molar refractivity (Wildman–Crippen MR) is 150 cm³/mol. The van der Waals surface area contributed by atoms with Gasteiger partial charge >= 0.3 is 12.0 Å². The Kier molecular flexibility index (Phi) is 10.2. The number of esters is 1. The van der Waals surface area contributed by atoms with Crippen molar-refractivity contribution in [3.63, 3.8) is 0 Å². The van der Waals surface area contributed by atoms with Gasteiger partial charge in [0.05, 0.1) is 32.7 Å². The molecule has 3 heterocycles. The number of rotatable bonds is 13. The molecule has 4 rings (SSSR count). The number of ether oxygens (including phenoxy) is 3. The summed E-state index contributed by atoms with van der Waals surface area (Å²) in [6.45, 7) is 3.02. The maximum atomic E-state index is 13.6. The van der Waals surface area contributed by atoms with Crippen molar-refractivity contribution in [2.45, 2.75) is 57.8 Å². The van der Waals surface area contributed by atoms with Crippen molar-refractivity contribution >= 4 is 40.6 Å². The van der Waals surface area contributed by atoms with E-state index in [9.17, 15) is 14.4 Å². The van der Waals surface area contributed by atoms with Crippen molar-refractivity contribution in [2.75, 3.05) is 13.9 Å². The van der Waals surface area contributed by atoms with Gasteiger partial charge in [0.15, 0.2) is 11.5 Å². The minimum Gasteiger partial charge on any atom is -0.469 e. The highest BCUT2D eigenvalue weighted by molar-refractivity contribution is 7.10. The zero-order chi connectivity index (χ0) is 27.6. The summed E-state index contributed by atoms with van der Waals surface area (Å²) in [7, 11) is 1.31. The van der Waals surface area contributed by atoms with Gasteiger partial charge in [0.1, 0.15) is 6.04 Å². The molecule has 2 aromatic heterocycles. The van der Waals surface area contributed by atoms with E-state index in [-0.39, 0.29) is 25.2 Å². The Morgan fingerprint density at radius 3 is 2.31 bits per heavy atom. The van der Waals surface area contributed by atoms with Crippen molar-refractivity contribution in [3.8, 4) is 11.5 Å². The number of methoxy groups -OCH3 is 1. The van der Waals surface area contributed by atoms with Gasteiger partial charge in [0.2, 0.25) is 12.7 Å². The lowest BCUT2D eigenvalue weighted by Gasteiger charge is -2.27. The zero-order valence-corrected chi connectivity index (χ0v) is 23.6. The zero-order valence-electron chi connectivity index (χ0n) is 22.0. The van der Waals surface area contributed by atoms with Crippen LogP contribution in [-0.2, 0) is 27.4 Å². The van der Waals surface area contributed by atoms with E-state index in [1.54, 1.807) is 45.8 Å². The van der Waals surface area contributed by atoms with E-state index < -0.39 is 18.1 Å². The Hall–Kier alpha value is -3.57. The smallest absolute Gasteiger partial charge is 0.318 e. The largest absolute Gasteiger partial charge is 0.469 e. The molecule has 39 heavy (non-hydrogen) atoms. The number of thiophene rings is 2. The summed E-state index contributed by atoms with van der Waals surface area (Å²) in [5.74, 6) is 0.317. The molecule has 0 saturated carbocycles. The van der Waals surface area contributed by atoms with E-state index in [1.807, 2.05) is 41.9 Å². The van der Waals surface area contributed by atoms with Gasteiger partial charge in [-0.3, -0.25) is 9.59 Å². The topological polar surface area (TPSA) is 106 Å². The van der Waals surface area contributed by atoms with Gasteiger partial charge in [-0.25, -0.2) is 4.79 Å². The summed E-state index contributed by atoms with van der Waals surface area (Å²) in [5.41, 5.74) is 0.676. The van der Waals surface area contributed by atoms with Crippen LogP contribution >= 0.6 is 22.7 Å². The standard InChI is InChI=1S/C28H33N3O6S2/c1-3-4-9-22(30-28(34)31(16-20-7-5-12-38-20)17-21-8-6-13-39-21)27(33)29-23(15-26(32)35-2)19-10-11-24-25(14-19)37-18-36-24/h5-8,10-14,22-23H,3-4,9,15-18H2,1-2H3,(H,29,33)(H,30,34)/t22-,23-/m1/s1. The van der Waals surface area contributed by atoms with Crippen molar-refractivity contribution in [3.05, 3.63) is 68.5 Å². The number of urea groups is 1. The minimum absolute atomic E-state index is 0.0702. The molecule has 9 nitrogen and oxygen atoms in total. The molecule has 3 amide bonds. The molecule has 0 aliphatic carbocycles. The molecule has 0 radical (unpaired) electrons. The average Bonchev–Trinajstić information content (AvgIpc) is 3.73. The fraction of sp³-hybridized carbons (Fsp3) is 0.393. The van der Waals surface area contributed by atoms with Gasteiger partial charge in [0, 0.05) is 9.75 Å². The van der Waals surface area contributed by atoms with Crippen molar-refractivity contribution < 1.29 is 28.6 Å². The molecule has 0 bridgehead atoms. The predicted octanol–water partition coefficient (Wildman–Crippen LogP) is 5.23. The van der Waals surface area contributed by atoms with Crippen molar-refractivity contribution in [1.82, 2.24) is 15.5 Å². The number of carbonyl (C=O) groups is 3. The Labute approximate surface area is 236 Å². The molecule has 2 atom stereocenters. The molecule has 11 heteroatoms. The van der Waals surface area contributed by atoms with Gasteiger partial charge in [-0.05, 0) is 47.0 Å².